The van der Waals surface area contributed by atoms with E-state index < -0.39 is 0 Å². The van der Waals surface area contributed by atoms with Gasteiger partial charge in [-0.3, -0.25) is 0 Å². The second-order valence-corrected chi connectivity index (χ2v) is 10.0. The molecule has 0 saturated heterocycles. The van der Waals surface area contributed by atoms with Crippen molar-refractivity contribution in [2.75, 3.05) is 0 Å². The van der Waals surface area contributed by atoms with Crippen molar-refractivity contribution in [2.24, 2.45) is 0 Å². The van der Waals surface area contributed by atoms with Crippen LogP contribution in [0.1, 0.15) is 25.0 Å². The lowest BCUT2D eigenvalue weighted by Crippen LogP contribution is -2.15. The van der Waals surface area contributed by atoms with E-state index in [-0.39, 0.29) is 5.41 Å². The predicted octanol–water partition coefficient (Wildman–Crippen LogP) is 8.38. The van der Waals surface area contributed by atoms with Crippen molar-refractivity contribution in [3.8, 4) is 16.8 Å². The molecule has 8 rings (SSSR count). The first-order valence-electron chi connectivity index (χ1n) is 12.1. The summed E-state index contributed by atoms with van der Waals surface area (Å²) in [7, 11) is 0. The molecule has 0 atom stereocenters. The summed E-state index contributed by atoms with van der Waals surface area (Å²) in [6.45, 7) is 4.71. The van der Waals surface area contributed by atoms with Crippen molar-refractivity contribution in [3.05, 3.63) is 109 Å². The van der Waals surface area contributed by atoms with Crippen LogP contribution in [-0.4, -0.2) is 9.55 Å². The maximum absolute atomic E-state index is 5.63. The third-order valence-electron chi connectivity index (χ3n) is 7.93. The van der Waals surface area contributed by atoms with Gasteiger partial charge in [0.05, 0.1) is 16.7 Å². The van der Waals surface area contributed by atoms with E-state index in [0.717, 1.165) is 16.8 Å². The molecular formula is C32H22N2O. The maximum Gasteiger partial charge on any atom is 0.182 e. The fourth-order valence-electron chi connectivity index (χ4n) is 6.48. The first kappa shape index (κ1) is 19.0. The average Bonchev–Trinajstić information content (AvgIpc) is 3.56. The zero-order chi connectivity index (χ0) is 23.3. The first-order chi connectivity index (χ1) is 17.1. The molecular weight excluding hydrogens is 428 g/mol. The van der Waals surface area contributed by atoms with E-state index in [2.05, 4.69) is 102 Å². The number of para-hydroxylation sites is 2. The van der Waals surface area contributed by atoms with Crippen LogP contribution in [0.25, 0.3) is 60.5 Å². The van der Waals surface area contributed by atoms with Gasteiger partial charge in [0.1, 0.15) is 5.52 Å². The van der Waals surface area contributed by atoms with Crippen molar-refractivity contribution in [2.45, 2.75) is 19.3 Å². The van der Waals surface area contributed by atoms with Crippen molar-refractivity contribution in [3.63, 3.8) is 0 Å². The smallest absolute Gasteiger partial charge is 0.182 e. The van der Waals surface area contributed by atoms with E-state index in [1.54, 1.807) is 0 Å². The van der Waals surface area contributed by atoms with Crippen LogP contribution in [0.5, 0.6) is 0 Å². The molecule has 0 saturated carbocycles. The zero-order valence-electron chi connectivity index (χ0n) is 19.5. The van der Waals surface area contributed by atoms with E-state index >= 15 is 0 Å². The summed E-state index contributed by atoms with van der Waals surface area (Å²) in [5.74, 6) is 0. The molecule has 0 fully saturated rings. The molecule has 35 heavy (non-hydrogen) atoms. The Morgan fingerprint density at radius 2 is 1.51 bits per heavy atom. The molecule has 2 heterocycles. The molecule has 166 valence electrons. The normalized spacial score (nSPS) is 14.2. The molecule has 3 nitrogen and oxygen atoms in total. The van der Waals surface area contributed by atoms with Crippen LogP contribution in [0.2, 0.25) is 0 Å². The van der Waals surface area contributed by atoms with Gasteiger partial charge in [-0.1, -0.05) is 80.6 Å². The number of hydrogen-bond donors (Lipinski definition) is 0. The molecule has 0 amide bonds. The van der Waals surface area contributed by atoms with E-state index in [9.17, 15) is 0 Å². The number of fused-ring (bicyclic) bond motifs is 10. The SMILES string of the molecule is CC1(C)c2ccccc2-c2ccc3c(ccc4c3c3ccccc3n4-c3cccc4ocnc34)c21. The molecule has 0 N–H and O–H groups in total. The number of hydrogen-bond acceptors (Lipinski definition) is 2. The van der Waals surface area contributed by atoms with Gasteiger partial charge in [0, 0.05) is 16.2 Å². The third kappa shape index (κ3) is 2.28. The first-order valence-corrected chi connectivity index (χ1v) is 12.1. The van der Waals surface area contributed by atoms with Crippen LogP contribution >= 0.6 is 0 Å². The van der Waals surface area contributed by atoms with E-state index in [1.807, 2.05) is 12.1 Å². The third-order valence-corrected chi connectivity index (χ3v) is 7.93. The molecule has 0 aliphatic heterocycles. The minimum absolute atomic E-state index is 0.0518. The Labute approximate surface area is 202 Å². The Hall–Kier alpha value is -4.37. The lowest BCUT2D eigenvalue weighted by Gasteiger charge is -2.23. The van der Waals surface area contributed by atoms with Crippen LogP contribution in [-0.2, 0) is 5.41 Å². The monoisotopic (exact) mass is 450 g/mol. The van der Waals surface area contributed by atoms with Gasteiger partial charge in [0.15, 0.2) is 12.0 Å². The summed E-state index contributed by atoms with van der Waals surface area (Å²) in [4.78, 5) is 4.55. The highest BCUT2D eigenvalue weighted by Gasteiger charge is 2.36. The minimum Gasteiger partial charge on any atom is -0.443 e. The largest absolute Gasteiger partial charge is 0.443 e. The Morgan fingerprint density at radius 1 is 0.686 bits per heavy atom. The topological polar surface area (TPSA) is 31.0 Å². The van der Waals surface area contributed by atoms with Crippen LogP contribution < -0.4 is 0 Å². The highest BCUT2D eigenvalue weighted by atomic mass is 16.3. The number of oxazole rings is 1. The summed E-state index contributed by atoms with van der Waals surface area (Å²) in [6, 6.07) is 32.9. The Bertz CT molecular complexity index is 1990. The fraction of sp³-hybridized carbons (Fsp3) is 0.0938. The molecule has 0 spiro atoms. The van der Waals surface area contributed by atoms with Crippen molar-refractivity contribution < 1.29 is 4.42 Å². The fourth-order valence-corrected chi connectivity index (χ4v) is 6.48. The van der Waals surface area contributed by atoms with Crippen LogP contribution in [0.15, 0.2) is 102 Å². The van der Waals surface area contributed by atoms with Crippen LogP contribution in [0, 0.1) is 0 Å². The molecule has 3 heteroatoms. The molecule has 0 bridgehead atoms. The molecule has 1 aliphatic rings. The summed E-state index contributed by atoms with van der Waals surface area (Å²) < 4.78 is 7.97. The number of aromatic nitrogens is 2. The van der Waals surface area contributed by atoms with Gasteiger partial charge >= 0.3 is 0 Å². The lowest BCUT2D eigenvalue weighted by molar-refractivity contribution is 0.602. The molecule has 7 aromatic rings. The Balaban J connectivity index is 1.54. The highest BCUT2D eigenvalue weighted by Crippen LogP contribution is 2.52. The predicted molar refractivity (Wildman–Crippen MR) is 143 cm³/mol. The minimum atomic E-state index is -0.0518. The standard InChI is InChI=1S/C32H22N2O/c1-32(2)24-10-5-3-8-19(24)21-15-14-20-22(30(21)32)16-17-26-29(20)23-9-4-6-11-25(23)34(26)27-12-7-13-28-31(27)33-18-35-28/h3-18H,1-2H3. The van der Waals surface area contributed by atoms with Gasteiger partial charge in [-0.2, -0.15) is 0 Å². The van der Waals surface area contributed by atoms with Gasteiger partial charge in [0.2, 0.25) is 0 Å². The lowest BCUT2D eigenvalue weighted by atomic mass is 9.80. The van der Waals surface area contributed by atoms with E-state index in [1.165, 1.54) is 61.2 Å². The molecule has 0 radical (unpaired) electrons. The zero-order valence-corrected chi connectivity index (χ0v) is 19.5. The Morgan fingerprint density at radius 3 is 2.46 bits per heavy atom. The molecule has 5 aromatic carbocycles. The molecule has 1 aliphatic carbocycles. The van der Waals surface area contributed by atoms with Gasteiger partial charge < -0.3 is 8.98 Å². The van der Waals surface area contributed by atoms with E-state index in [0.29, 0.717) is 0 Å². The summed E-state index contributed by atoms with van der Waals surface area (Å²) in [5.41, 5.74) is 10.6. The highest BCUT2D eigenvalue weighted by molar-refractivity contribution is 6.23. The van der Waals surface area contributed by atoms with Gasteiger partial charge in [-0.05, 0) is 57.3 Å². The van der Waals surface area contributed by atoms with Gasteiger partial charge in [0.25, 0.3) is 0 Å². The molecule has 0 unspecified atom stereocenters. The van der Waals surface area contributed by atoms with Crippen molar-refractivity contribution in [1.82, 2.24) is 9.55 Å². The van der Waals surface area contributed by atoms with Gasteiger partial charge in [-0.25, -0.2) is 4.98 Å². The second-order valence-electron chi connectivity index (χ2n) is 10.0. The van der Waals surface area contributed by atoms with Crippen LogP contribution in [0.3, 0.4) is 0 Å². The summed E-state index contributed by atoms with van der Waals surface area (Å²) in [5, 5.41) is 5.16. The number of benzene rings is 5. The van der Waals surface area contributed by atoms with Crippen molar-refractivity contribution >= 4 is 43.7 Å². The summed E-state index contributed by atoms with van der Waals surface area (Å²) >= 11 is 0. The number of rotatable bonds is 1. The van der Waals surface area contributed by atoms with Crippen molar-refractivity contribution in [1.29, 1.82) is 0 Å². The Kier molecular flexibility index (Phi) is 3.47. The number of nitrogens with zero attached hydrogens (tertiary/aromatic N) is 2. The van der Waals surface area contributed by atoms with Gasteiger partial charge in [-0.15, -0.1) is 0 Å². The second kappa shape index (κ2) is 6.39. The van der Waals surface area contributed by atoms with E-state index in [4.69, 9.17) is 4.42 Å². The molecule has 2 aromatic heterocycles. The maximum atomic E-state index is 5.63. The quantitative estimate of drug-likeness (QED) is 0.251. The van der Waals surface area contributed by atoms with Crippen LogP contribution in [0.4, 0.5) is 0 Å². The average molecular weight is 451 g/mol. The summed E-state index contributed by atoms with van der Waals surface area (Å²) in [6.07, 6.45) is 1.53.